The summed E-state index contributed by atoms with van der Waals surface area (Å²) < 4.78 is 29.3. The molecule has 0 aliphatic heterocycles. The summed E-state index contributed by atoms with van der Waals surface area (Å²) >= 11 is 8.84. The molecule has 0 unspecified atom stereocenters. The smallest absolute Gasteiger partial charge is 0.387 e. The van der Waals surface area contributed by atoms with E-state index in [9.17, 15) is 13.6 Å². The number of aromatic amines is 1. The maximum Gasteiger partial charge on any atom is 0.387 e. The highest BCUT2D eigenvalue weighted by Crippen LogP contribution is 2.37. The molecule has 0 bridgehead atoms. The first kappa shape index (κ1) is 15.4. The summed E-state index contributed by atoms with van der Waals surface area (Å²) in [6.07, 6.45) is 0. The molecule has 1 aromatic heterocycles. The quantitative estimate of drug-likeness (QED) is 0.754. The standard InChI is InChI=1S/C10H7BrClF2N5O2/c11-4-1-3(12)2-5(6(4)21-9(13)14)16-8(20)7-17-10(15)19-18-7/h1-2,9H,(H,16,20)(H3,15,17,18,19). The Morgan fingerprint density at radius 3 is 2.81 bits per heavy atom. The number of carbonyl (C=O) groups is 1. The minimum atomic E-state index is -3.07. The number of amides is 1. The van der Waals surface area contributed by atoms with Crippen molar-refractivity contribution < 1.29 is 18.3 Å². The van der Waals surface area contributed by atoms with Gasteiger partial charge in [-0.1, -0.05) is 11.6 Å². The monoisotopic (exact) mass is 381 g/mol. The van der Waals surface area contributed by atoms with Crippen LogP contribution in [0.5, 0.6) is 5.75 Å². The number of hydrogen-bond donors (Lipinski definition) is 3. The zero-order valence-corrected chi connectivity index (χ0v) is 12.4. The maximum absolute atomic E-state index is 12.4. The number of H-pyrrole nitrogens is 1. The number of carbonyl (C=O) groups excluding carboxylic acids is 1. The van der Waals surface area contributed by atoms with Crippen LogP contribution < -0.4 is 15.8 Å². The number of nitrogens with two attached hydrogens (primary N) is 1. The van der Waals surface area contributed by atoms with Crippen LogP contribution in [0.4, 0.5) is 20.4 Å². The Hall–Kier alpha value is -1.94. The molecule has 0 saturated heterocycles. The van der Waals surface area contributed by atoms with E-state index >= 15 is 0 Å². The molecule has 4 N–H and O–H groups in total. The fraction of sp³-hybridized carbons (Fsp3) is 0.100. The molecule has 11 heteroatoms. The van der Waals surface area contributed by atoms with Crippen molar-refractivity contribution in [3.05, 3.63) is 27.5 Å². The molecular weight excluding hydrogens is 375 g/mol. The fourth-order valence-electron chi connectivity index (χ4n) is 1.42. The van der Waals surface area contributed by atoms with Gasteiger partial charge in [0.25, 0.3) is 5.91 Å². The molecular formula is C10H7BrClF2N5O2. The van der Waals surface area contributed by atoms with E-state index in [4.69, 9.17) is 17.3 Å². The lowest BCUT2D eigenvalue weighted by atomic mass is 10.3. The van der Waals surface area contributed by atoms with E-state index in [2.05, 4.69) is 41.2 Å². The summed E-state index contributed by atoms with van der Waals surface area (Å²) in [6, 6.07) is 2.60. The summed E-state index contributed by atoms with van der Waals surface area (Å²) in [7, 11) is 0. The van der Waals surface area contributed by atoms with E-state index in [1.807, 2.05) is 0 Å². The first-order valence-corrected chi connectivity index (χ1v) is 6.47. The number of ether oxygens (including phenoxy) is 1. The third-order valence-electron chi connectivity index (χ3n) is 2.18. The minimum Gasteiger partial charge on any atom is -0.431 e. The molecule has 1 aromatic carbocycles. The number of aromatic nitrogens is 3. The lowest BCUT2D eigenvalue weighted by Gasteiger charge is -2.13. The van der Waals surface area contributed by atoms with Crippen molar-refractivity contribution in [3.63, 3.8) is 0 Å². The summed E-state index contributed by atoms with van der Waals surface area (Å²) in [5, 5.41) is 8.29. The average Bonchev–Trinajstić information content (AvgIpc) is 2.80. The average molecular weight is 383 g/mol. The highest BCUT2D eigenvalue weighted by molar-refractivity contribution is 9.10. The number of hydrogen-bond acceptors (Lipinski definition) is 5. The van der Waals surface area contributed by atoms with E-state index in [1.54, 1.807) is 0 Å². The van der Waals surface area contributed by atoms with Gasteiger partial charge in [0.05, 0.1) is 10.2 Å². The summed E-state index contributed by atoms with van der Waals surface area (Å²) in [6.45, 7) is -3.07. The van der Waals surface area contributed by atoms with Gasteiger partial charge in [-0.05, 0) is 28.1 Å². The van der Waals surface area contributed by atoms with Gasteiger partial charge in [-0.15, -0.1) is 5.10 Å². The van der Waals surface area contributed by atoms with Crippen LogP contribution in [0.15, 0.2) is 16.6 Å². The third-order valence-corrected chi connectivity index (χ3v) is 2.99. The molecule has 0 radical (unpaired) electrons. The van der Waals surface area contributed by atoms with Gasteiger partial charge in [0.15, 0.2) is 5.75 Å². The summed E-state index contributed by atoms with van der Waals surface area (Å²) in [5.74, 6) is -1.33. The minimum absolute atomic E-state index is 0.0605. The number of nitrogens with one attached hydrogen (secondary N) is 2. The van der Waals surface area contributed by atoms with Crippen LogP contribution in [0.25, 0.3) is 0 Å². The van der Waals surface area contributed by atoms with Crippen molar-refractivity contribution in [2.24, 2.45) is 0 Å². The van der Waals surface area contributed by atoms with Crippen LogP contribution in [0.2, 0.25) is 5.02 Å². The lowest BCUT2D eigenvalue weighted by molar-refractivity contribution is -0.0498. The molecule has 0 aliphatic rings. The second-order valence-corrected chi connectivity index (χ2v) is 4.93. The third kappa shape index (κ3) is 3.79. The van der Waals surface area contributed by atoms with Gasteiger partial charge in [0.1, 0.15) is 0 Å². The molecule has 0 atom stereocenters. The number of nitrogen functional groups attached to an aromatic ring is 1. The summed E-state index contributed by atoms with van der Waals surface area (Å²) in [4.78, 5) is 15.5. The number of anilines is 2. The van der Waals surface area contributed by atoms with E-state index in [-0.39, 0.29) is 32.7 Å². The zero-order valence-electron chi connectivity index (χ0n) is 10.0. The van der Waals surface area contributed by atoms with Crippen LogP contribution in [0, 0.1) is 0 Å². The van der Waals surface area contributed by atoms with Crippen LogP contribution in [0.1, 0.15) is 10.6 Å². The molecule has 0 spiro atoms. The largest absolute Gasteiger partial charge is 0.431 e. The van der Waals surface area contributed by atoms with Crippen molar-refractivity contribution in [1.29, 1.82) is 0 Å². The van der Waals surface area contributed by atoms with Crippen molar-refractivity contribution in [3.8, 4) is 5.75 Å². The predicted octanol–water partition coefficient (Wildman–Crippen LogP) is 2.66. The molecule has 1 amide bonds. The maximum atomic E-state index is 12.4. The normalized spacial score (nSPS) is 10.7. The van der Waals surface area contributed by atoms with E-state index in [0.29, 0.717) is 0 Å². The van der Waals surface area contributed by atoms with Gasteiger partial charge in [-0.3, -0.25) is 9.89 Å². The fourth-order valence-corrected chi connectivity index (χ4v) is 2.32. The Bertz CT molecular complexity index is 681. The molecule has 21 heavy (non-hydrogen) atoms. The highest BCUT2D eigenvalue weighted by atomic mass is 79.9. The van der Waals surface area contributed by atoms with E-state index in [0.717, 1.165) is 0 Å². The Labute approximate surface area is 130 Å². The first-order chi connectivity index (χ1) is 9.86. The number of alkyl halides is 2. The zero-order chi connectivity index (χ0) is 15.6. The van der Waals surface area contributed by atoms with Crippen LogP contribution in [-0.4, -0.2) is 27.7 Å². The van der Waals surface area contributed by atoms with Crippen LogP contribution in [-0.2, 0) is 0 Å². The molecule has 0 aliphatic carbocycles. The van der Waals surface area contributed by atoms with Crippen LogP contribution in [0.3, 0.4) is 0 Å². The van der Waals surface area contributed by atoms with Gasteiger partial charge in [0, 0.05) is 5.02 Å². The van der Waals surface area contributed by atoms with Crippen molar-refractivity contribution in [1.82, 2.24) is 15.2 Å². The number of nitrogens with zero attached hydrogens (tertiary/aromatic N) is 2. The second kappa shape index (κ2) is 6.22. The van der Waals surface area contributed by atoms with E-state index in [1.165, 1.54) is 12.1 Å². The SMILES string of the molecule is Nc1n[nH]c(C(=O)Nc2cc(Cl)cc(Br)c2OC(F)F)n1. The van der Waals surface area contributed by atoms with Crippen molar-refractivity contribution in [2.45, 2.75) is 6.61 Å². The number of halogens is 4. The molecule has 1 heterocycles. The van der Waals surface area contributed by atoms with Gasteiger partial charge < -0.3 is 15.8 Å². The number of benzene rings is 1. The molecule has 0 fully saturated rings. The molecule has 2 rings (SSSR count). The van der Waals surface area contributed by atoms with Crippen molar-refractivity contribution in [2.75, 3.05) is 11.1 Å². The Morgan fingerprint density at radius 2 is 2.24 bits per heavy atom. The molecule has 7 nitrogen and oxygen atoms in total. The predicted molar refractivity (Wildman–Crippen MR) is 74.5 cm³/mol. The first-order valence-electron chi connectivity index (χ1n) is 5.30. The van der Waals surface area contributed by atoms with E-state index < -0.39 is 12.5 Å². The lowest BCUT2D eigenvalue weighted by Crippen LogP contribution is -2.15. The Balaban J connectivity index is 2.32. The molecule has 2 aromatic rings. The molecule has 112 valence electrons. The van der Waals surface area contributed by atoms with Crippen LogP contribution >= 0.6 is 27.5 Å². The topological polar surface area (TPSA) is 106 Å². The van der Waals surface area contributed by atoms with Gasteiger partial charge in [0.2, 0.25) is 11.8 Å². The number of rotatable bonds is 4. The van der Waals surface area contributed by atoms with Crippen molar-refractivity contribution >= 4 is 45.1 Å². The highest BCUT2D eigenvalue weighted by Gasteiger charge is 2.19. The summed E-state index contributed by atoms with van der Waals surface area (Å²) in [5.41, 5.74) is 5.21. The Kier molecular flexibility index (Phi) is 4.58. The Morgan fingerprint density at radius 1 is 1.52 bits per heavy atom. The van der Waals surface area contributed by atoms with Gasteiger partial charge in [-0.25, -0.2) is 0 Å². The second-order valence-electron chi connectivity index (χ2n) is 3.64. The molecule has 0 saturated carbocycles. The van der Waals surface area contributed by atoms with Gasteiger partial charge in [-0.2, -0.15) is 13.8 Å². The van der Waals surface area contributed by atoms with Gasteiger partial charge >= 0.3 is 6.61 Å².